The molecule has 0 spiro atoms. The first-order valence-electron chi connectivity index (χ1n) is 5.71. The molecule has 21 heavy (non-hydrogen) atoms. The van der Waals surface area contributed by atoms with Gasteiger partial charge in [0.05, 0.1) is 23.1 Å². The number of benzene rings is 1. The summed E-state index contributed by atoms with van der Waals surface area (Å²) in [6.45, 7) is 0. The molecule has 2 aromatic rings. The van der Waals surface area contributed by atoms with Crippen molar-refractivity contribution in [3.8, 4) is 6.07 Å². The van der Waals surface area contributed by atoms with Gasteiger partial charge in [-0.1, -0.05) is 12.1 Å². The van der Waals surface area contributed by atoms with Gasteiger partial charge in [-0.05, 0) is 29.1 Å². The molecular formula is C13H10N2O4S2. The number of carbonyl (C=O) groups is 1. The lowest BCUT2D eigenvalue weighted by atomic mass is 10.2. The molecule has 0 fully saturated rings. The molecule has 0 saturated heterocycles. The molecule has 0 radical (unpaired) electrons. The zero-order valence-corrected chi connectivity index (χ0v) is 12.2. The summed E-state index contributed by atoms with van der Waals surface area (Å²) in [6.07, 6.45) is 0. The molecule has 0 bridgehead atoms. The van der Waals surface area contributed by atoms with Crippen LogP contribution in [0.15, 0.2) is 35.7 Å². The molecule has 0 saturated carbocycles. The Morgan fingerprint density at radius 1 is 1.38 bits per heavy atom. The van der Waals surface area contributed by atoms with Gasteiger partial charge in [0.25, 0.3) is 0 Å². The monoisotopic (exact) mass is 322 g/mol. The second-order valence-electron chi connectivity index (χ2n) is 4.14. The number of sulfonamides is 1. The Labute approximate surface area is 125 Å². The molecule has 1 heterocycles. The van der Waals surface area contributed by atoms with E-state index in [1.807, 2.05) is 6.07 Å². The number of thiophene rings is 1. The number of carboxylic acid groups (broad SMARTS) is 1. The number of hydrogen-bond acceptors (Lipinski definition) is 5. The van der Waals surface area contributed by atoms with Crippen molar-refractivity contribution in [3.63, 3.8) is 0 Å². The largest absolute Gasteiger partial charge is 0.477 e. The molecule has 1 aromatic heterocycles. The van der Waals surface area contributed by atoms with Gasteiger partial charge in [-0.25, -0.2) is 13.2 Å². The summed E-state index contributed by atoms with van der Waals surface area (Å²) >= 11 is 0.941. The summed E-state index contributed by atoms with van der Waals surface area (Å²) in [4.78, 5) is 10.9. The van der Waals surface area contributed by atoms with Crippen molar-refractivity contribution < 1.29 is 18.3 Å². The third-order valence-corrected chi connectivity index (χ3v) is 4.68. The van der Waals surface area contributed by atoms with Crippen LogP contribution in [0.2, 0.25) is 0 Å². The Kier molecular flexibility index (Phi) is 4.26. The Hall–Kier alpha value is -2.37. The van der Waals surface area contributed by atoms with Crippen molar-refractivity contribution >= 4 is 33.0 Å². The Balaban J connectivity index is 2.21. The molecule has 2 rings (SSSR count). The van der Waals surface area contributed by atoms with E-state index in [0.717, 1.165) is 11.3 Å². The second kappa shape index (κ2) is 5.95. The number of nitriles is 1. The van der Waals surface area contributed by atoms with Gasteiger partial charge in [0.2, 0.25) is 10.0 Å². The topological polar surface area (TPSA) is 107 Å². The predicted molar refractivity (Wildman–Crippen MR) is 78.7 cm³/mol. The lowest BCUT2D eigenvalue weighted by Gasteiger charge is -2.07. The van der Waals surface area contributed by atoms with Crippen molar-refractivity contribution in [2.75, 3.05) is 4.72 Å². The standard InChI is InChI=1S/C13H10N2O4S2/c14-7-9-2-1-3-10(6-9)8-21(18,19)15-11-4-5-20-12(11)13(16)17/h1-6,15H,8H2,(H,16,17). The fourth-order valence-corrected chi connectivity index (χ4v) is 3.66. The van der Waals surface area contributed by atoms with E-state index in [0.29, 0.717) is 11.1 Å². The number of carboxylic acids is 1. The smallest absolute Gasteiger partial charge is 0.348 e. The summed E-state index contributed by atoms with van der Waals surface area (Å²) in [5.41, 5.74) is 0.863. The molecule has 1 aromatic carbocycles. The number of nitrogens with one attached hydrogen (secondary N) is 1. The lowest BCUT2D eigenvalue weighted by molar-refractivity contribution is 0.0703. The summed E-state index contributed by atoms with van der Waals surface area (Å²) < 4.78 is 26.4. The van der Waals surface area contributed by atoms with E-state index in [1.165, 1.54) is 17.5 Å². The summed E-state index contributed by atoms with van der Waals surface area (Å²) in [6, 6.07) is 9.57. The van der Waals surface area contributed by atoms with E-state index < -0.39 is 16.0 Å². The van der Waals surface area contributed by atoms with Crippen LogP contribution in [0.4, 0.5) is 5.69 Å². The maximum Gasteiger partial charge on any atom is 0.348 e. The molecule has 0 atom stereocenters. The Bertz CT molecular complexity index is 819. The van der Waals surface area contributed by atoms with E-state index >= 15 is 0 Å². The third kappa shape index (κ3) is 3.81. The quantitative estimate of drug-likeness (QED) is 0.878. The number of nitrogens with zero attached hydrogens (tertiary/aromatic N) is 1. The SMILES string of the molecule is N#Cc1cccc(CS(=O)(=O)Nc2ccsc2C(=O)O)c1. The molecular weight excluding hydrogens is 312 g/mol. The fourth-order valence-electron chi connectivity index (χ4n) is 1.71. The van der Waals surface area contributed by atoms with Gasteiger partial charge in [0.15, 0.2) is 0 Å². The van der Waals surface area contributed by atoms with E-state index in [1.54, 1.807) is 18.2 Å². The van der Waals surface area contributed by atoms with E-state index in [-0.39, 0.29) is 16.3 Å². The maximum atomic E-state index is 12.1. The first-order valence-corrected chi connectivity index (χ1v) is 8.25. The van der Waals surface area contributed by atoms with Crippen LogP contribution in [-0.2, 0) is 15.8 Å². The maximum absolute atomic E-state index is 12.1. The summed E-state index contributed by atoms with van der Waals surface area (Å²) in [5.74, 6) is -1.52. The van der Waals surface area contributed by atoms with E-state index in [9.17, 15) is 13.2 Å². The third-order valence-electron chi connectivity index (χ3n) is 2.54. The van der Waals surface area contributed by atoms with E-state index in [2.05, 4.69) is 4.72 Å². The van der Waals surface area contributed by atoms with Gasteiger partial charge >= 0.3 is 5.97 Å². The van der Waals surface area contributed by atoms with Gasteiger partial charge in [-0.15, -0.1) is 11.3 Å². The van der Waals surface area contributed by atoms with Crippen molar-refractivity contribution in [3.05, 3.63) is 51.7 Å². The van der Waals surface area contributed by atoms with Crippen LogP contribution in [0.25, 0.3) is 0 Å². The summed E-state index contributed by atoms with van der Waals surface area (Å²) in [5, 5.41) is 19.2. The van der Waals surface area contributed by atoms with Crippen LogP contribution in [0, 0.1) is 11.3 Å². The van der Waals surface area contributed by atoms with Gasteiger partial charge in [-0.3, -0.25) is 4.72 Å². The molecule has 6 nitrogen and oxygen atoms in total. The highest BCUT2D eigenvalue weighted by Crippen LogP contribution is 2.24. The number of anilines is 1. The van der Waals surface area contributed by atoms with Gasteiger partial charge in [-0.2, -0.15) is 5.26 Å². The molecule has 0 aliphatic rings. The first-order chi connectivity index (χ1) is 9.91. The fraction of sp³-hybridized carbons (Fsp3) is 0.0769. The van der Waals surface area contributed by atoms with Crippen molar-refractivity contribution in [2.24, 2.45) is 0 Å². The molecule has 0 aliphatic carbocycles. The Morgan fingerprint density at radius 3 is 2.81 bits per heavy atom. The first kappa shape index (κ1) is 15.0. The Morgan fingerprint density at radius 2 is 2.14 bits per heavy atom. The average Bonchev–Trinajstić information content (AvgIpc) is 2.85. The molecule has 108 valence electrons. The van der Waals surface area contributed by atoms with Crippen LogP contribution < -0.4 is 4.72 Å². The minimum atomic E-state index is -3.75. The minimum absolute atomic E-state index is 0.0453. The highest BCUT2D eigenvalue weighted by Gasteiger charge is 2.18. The van der Waals surface area contributed by atoms with Gasteiger partial charge in [0, 0.05) is 0 Å². The van der Waals surface area contributed by atoms with Crippen LogP contribution in [0.5, 0.6) is 0 Å². The van der Waals surface area contributed by atoms with Crippen molar-refractivity contribution in [1.29, 1.82) is 5.26 Å². The van der Waals surface area contributed by atoms with Crippen LogP contribution >= 0.6 is 11.3 Å². The van der Waals surface area contributed by atoms with Crippen LogP contribution in [0.1, 0.15) is 20.8 Å². The van der Waals surface area contributed by atoms with Gasteiger partial charge < -0.3 is 5.11 Å². The highest BCUT2D eigenvalue weighted by molar-refractivity contribution is 7.91. The van der Waals surface area contributed by atoms with Gasteiger partial charge in [0.1, 0.15) is 4.88 Å². The van der Waals surface area contributed by atoms with Crippen molar-refractivity contribution in [1.82, 2.24) is 0 Å². The molecule has 8 heteroatoms. The second-order valence-corrected chi connectivity index (χ2v) is 6.78. The predicted octanol–water partition coefficient (Wildman–Crippen LogP) is 2.26. The zero-order chi connectivity index (χ0) is 15.5. The normalized spacial score (nSPS) is 10.8. The molecule has 2 N–H and O–H groups in total. The van der Waals surface area contributed by atoms with E-state index in [4.69, 9.17) is 10.4 Å². The van der Waals surface area contributed by atoms with Crippen LogP contribution in [0.3, 0.4) is 0 Å². The van der Waals surface area contributed by atoms with Crippen LogP contribution in [-0.4, -0.2) is 19.5 Å². The molecule has 0 amide bonds. The average molecular weight is 322 g/mol. The van der Waals surface area contributed by atoms with Crippen molar-refractivity contribution in [2.45, 2.75) is 5.75 Å². The lowest BCUT2D eigenvalue weighted by Crippen LogP contribution is -2.16. The molecule has 0 aliphatic heterocycles. The highest BCUT2D eigenvalue weighted by atomic mass is 32.2. The number of hydrogen-bond donors (Lipinski definition) is 2. The zero-order valence-electron chi connectivity index (χ0n) is 10.6. The number of aromatic carboxylic acids is 1. The number of rotatable bonds is 5. The molecule has 0 unspecified atom stereocenters. The minimum Gasteiger partial charge on any atom is -0.477 e. The summed E-state index contributed by atoms with van der Waals surface area (Å²) in [7, 11) is -3.75.